The van der Waals surface area contributed by atoms with Crippen molar-refractivity contribution >= 4 is 23.1 Å². The predicted molar refractivity (Wildman–Crippen MR) is 97.7 cm³/mol. The summed E-state index contributed by atoms with van der Waals surface area (Å²) in [6.45, 7) is 10.5. The number of rotatable bonds is 2. The van der Waals surface area contributed by atoms with Gasteiger partial charge in [-0.2, -0.15) is 0 Å². The van der Waals surface area contributed by atoms with E-state index in [1.54, 1.807) is 77.9 Å². The molecule has 6 nitrogen and oxygen atoms in total. The van der Waals surface area contributed by atoms with Gasteiger partial charge in [-0.3, -0.25) is 0 Å². The fourth-order valence-corrected chi connectivity index (χ4v) is 2.14. The molecule has 0 aliphatic carbocycles. The summed E-state index contributed by atoms with van der Waals surface area (Å²) in [6.07, 6.45) is -1.60. The Morgan fingerprint density at radius 1 is 0.654 bits per heavy atom. The van der Waals surface area contributed by atoms with Crippen LogP contribution in [0.5, 0.6) is 11.5 Å². The summed E-state index contributed by atoms with van der Waals surface area (Å²) in [4.78, 5) is 23.9. The van der Waals surface area contributed by atoms with Crippen LogP contribution in [0.1, 0.15) is 41.5 Å². The quantitative estimate of drug-likeness (QED) is 0.522. The molecule has 140 valence electrons. The Bertz CT molecular complexity index is 743. The molecule has 6 heteroatoms. The number of ether oxygens (including phenoxy) is 4. The van der Waals surface area contributed by atoms with Crippen molar-refractivity contribution < 1.29 is 28.5 Å². The van der Waals surface area contributed by atoms with E-state index in [4.69, 9.17) is 18.9 Å². The minimum atomic E-state index is -0.802. The first-order chi connectivity index (χ1) is 11.9. The van der Waals surface area contributed by atoms with E-state index in [1.165, 1.54) is 0 Å². The highest BCUT2D eigenvalue weighted by Gasteiger charge is 2.21. The molecule has 2 aromatic rings. The summed E-state index contributed by atoms with van der Waals surface area (Å²) < 4.78 is 21.0. The Labute approximate surface area is 153 Å². The molecule has 0 spiro atoms. The van der Waals surface area contributed by atoms with Crippen LogP contribution in [0.3, 0.4) is 0 Å². The summed E-state index contributed by atoms with van der Waals surface area (Å²) in [7, 11) is 0. The van der Waals surface area contributed by atoms with Gasteiger partial charge in [0.15, 0.2) is 0 Å². The van der Waals surface area contributed by atoms with E-state index >= 15 is 0 Å². The molecule has 0 aliphatic rings. The minimum Gasteiger partial charge on any atom is -0.428 e. The van der Waals surface area contributed by atoms with E-state index in [9.17, 15) is 9.59 Å². The third-order valence-corrected chi connectivity index (χ3v) is 3.01. The Balaban J connectivity index is 2.28. The molecule has 0 saturated carbocycles. The summed E-state index contributed by atoms with van der Waals surface area (Å²) in [5.74, 6) is 0.623. The largest absolute Gasteiger partial charge is 0.514 e. The summed E-state index contributed by atoms with van der Waals surface area (Å²) in [5.41, 5.74) is -1.32. The molecule has 0 saturated heterocycles. The average Bonchev–Trinajstić information content (AvgIpc) is 2.46. The van der Waals surface area contributed by atoms with Crippen molar-refractivity contribution in [3.63, 3.8) is 0 Å². The minimum absolute atomic E-state index is 0.311. The third-order valence-electron chi connectivity index (χ3n) is 3.01. The molecule has 2 rings (SSSR count). The molecule has 0 heterocycles. The highest BCUT2D eigenvalue weighted by molar-refractivity contribution is 5.95. The molecule has 0 aliphatic heterocycles. The maximum Gasteiger partial charge on any atom is 0.514 e. The van der Waals surface area contributed by atoms with Crippen molar-refractivity contribution in [3.05, 3.63) is 36.4 Å². The zero-order valence-electron chi connectivity index (χ0n) is 15.9. The number of hydrogen-bond donors (Lipinski definition) is 0. The van der Waals surface area contributed by atoms with Crippen molar-refractivity contribution in [1.29, 1.82) is 0 Å². The van der Waals surface area contributed by atoms with Gasteiger partial charge in [0.05, 0.1) is 0 Å². The highest BCUT2D eigenvalue weighted by atomic mass is 16.7. The van der Waals surface area contributed by atoms with E-state index < -0.39 is 23.5 Å². The summed E-state index contributed by atoms with van der Waals surface area (Å²) >= 11 is 0. The zero-order chi connectivity index (χ0) is 19.5. The van der Waals surface area contributed by atoms with Gasteiger partial charge in [-0.25, -0.2) is 9.59 Å². The third kappa shape index (κ3) is 5.65. The Morgan fingerprint density at radius 3 is 1.31 bits per heavy atom. The molecule has 0 bridgehead atoms. The van der Waals surface area contributed by atoms with E-state index in [-0.39, 0.29) is 0 Å². The summed E-state index contributed by atoms with van der Waals surface area (Å²) in [5, 5.41) is 1.22. The van der Waals surface area contributed by atoms with Gasteiger partial charge in [0.25, 0.3) is 0 Å². The molecular weight excluding hydrogens is 336 g/mol. The lowest BCUT2D eigenvalue weighted by molar-refractivity contribution is 0.0190. The second kappa shape index (κ2) is 7.23. The van der Waals surface area contributed by atoms with Crippen molar-refractivity contribution in [2.75, 3.05) is 0 Å². The van der Waals surface area contributed by atoms with Gasteiger partial charge in [0.1, 0.15) is 22.7 Å². The smallest absolute Gasteiger partial charge is 0.428 e. The lowest BCUT2D eigenvalue weighted by atomic mass is 10.1. The van der Waals surface area contributed by atoms with Gasteiger partial charge in [0, 0.05) is 10.8 Å². The van der Waals surface area contributed by atoms with E-state index in [0.29, 0.717) is 22.3 Å². The second-order valence-electron chi connectivity index (χ2n) is 7.74. The molecule has 26 heavy (non-hydrogen) atoms. The van der Waals surface area contributed by atoms with Gasteiger partial charge >= 0.3 is 12.3 Å². The second-order valence-corrected chi connectivity index (χ2v) is 7.74. The summed E-state index contributed by atoms with van der Waals surface area (Å²) in [6, 6.07) is 10.2. The normalized spacial score (nSPS) is 11.8. The van der Waals surface area contributed by atoms with Crippen LogP contribution in [0.2, 0.25) is 0 Å². The number of carbonyl (C=O) groups is 2. The van der Waals surface area contributed by atoms with E-state index in [1.807, 2.05) is 0 Å². The maximum absolute atomic E-state index is 11.9. The van der Waals surface area contributed by atoms with Crippen LogP contribution < -0.4 is 9.47 Å². The topological polar surface area (TPSA) is 71.1 Å². The zero-order valence-corrected chi connectivity index (χ0v) is 15.9. The van der Waals surface area contributed by atoms with E-state index in [0.717, 1.165) is 0 Å². The number of carbonyl (C=O) groups excluding carboxylic acids is 2. The molecular formula is C20H24O6. The van der Waals surface area contributed by atoms with Crippen LogP contribution in [0.15, 0.2) is 36.4 Å². The van der Waals surface area contributed by atoms with Gasteiger partial charge in [-0.1, -0.05) is 24.3 Å². The lowest BCUT2D eigenvalue weighted by Gasteiger charge is -2.20. The highest BCUT2D eigenvalue weighted by Crippen LogP contribution is 2.34. The molecule has 0 unspecified atom stereocenters. The molecule has 0 amide bonds. The van der Waals surface area contributed by atoms with Crippen LogP contribution in [0, 0.1) is 0 Å². The number of benzene rings is 2. The van der Waals surface area contributed by atoms with Gasteiger partial charge in [0.2, 0.25) is 0 Å². The Morgan fingerprint density at radius 2 is 1.00 bits per heavy atom. The van der Waals surface area contributed by atoms with Crippen molar-refractivity contribution in [2.24, 2.45) is 0 Å². The predicted octanol–water partition coefficient (Wildman–Crippen LogP) is 5.47. The van der Waals surface area contributed by atoms with E-state index in [2.05, 4.69) is 0 Å². The molecule has 0 fully saturated rings. The first kappa shape index (κ1) is 19.6. The molecule has 0 aromatic heterocycles. The fourth-order valence-electron chi connectivity index (χ4n) is 2.14. The molecule has 2 aromatic carbocycles. The van der Waals surface area contributed by atoms with Crippen LogP contribution in [0.4, 0.5) is 9.59 Å². The van der Waals surface area contributed by atoms with Gasteiger partial charge in [-0.15, -0.1) is 0 Å². The van der Waals surface area contributed by atoms with Crippen molar-refractivity contribution in [3.8, 4) is 11.5 Å². The monoisotopic (exact) mass is 360 g/mol. The molecule has 0 atom stereocenters. The SMILES string of the molecule is CC(C)(C)OC(=O)Oc1ccc(OC(=O)OC(C)(C)C)c2ccccc12. The Kier molecular flexibility index (Phi) is 5.44. The maximum atomic E-state index is 11.9. The van der Waals surface area contributed by atoms with Crippen molar-refractivity contribution in [2.45, 2.75) is 52.7 Å². The standard InChI is InChI=1S/C20H24O6/c1-19(2,3)25-17(21)23-15-11-12-16(14-10-8-7-9-13(14)15)24-18(22)26-20(4,5)6/h7-12H,1-6H3. The fraction of sp³-hybridized carbons (Fsp3) is 0.400. The van der Waals surface area contributed by atoms with Gasteiger partial charge in [-0.05, 0) is 53.7 Å². The number of fused-ring (bicyclic) bond motifs is 1. The Hall–Kier alpha value is -2.76. The van der Waals surface area contributed by atoms with Crippen molar-refractivity contribution in [1.82, 2.24) is 0 Å². The van der Waals surface area contributed by atoms with Crippen LogP contribution in [0.25, 0.3) is 10.8 Å². The van der Waals surface area contributed by atoms with Crippen LogP contribution in [-0.4, -0.2) is 23.5 Å². The molecule has 0 N–H and O–H groups in total. The average molecular weight is 360 g/mol. The van der Waals surface area contributed by atoms with Crippen LogP contribution in [-0.2, 0) is 9.47 Å². The molecule has 0 radical (unpaired) electrons. The number of hydrogen-bond acceptors (Lipinski definition) is 6. The van der Waals surface area contributed by atoms with Gasteiger partial charge < -0.3 is 18.9 Å². The first-order valence-electron chi connectivity index (χ1n) is 8.28. The van der Waals surface area contributed by atoms with Crippen LogP contribution >= 0.6 is 0 Å². The first-order valence-corrected chi connectivity index (χ1v) is 8.28. The lowest BCUT2D eigenvalue weighted by Crippen LogP contribution is -2.26.